The molecule has 0 aliphatic heterocycles. The number of fused-ring (bicyclic) bond motifs is 7. The van der Waals surface area contributed by atoms with Crippen molar-refractivity contribution in [3.63, 3.8) is 0 Å². The molecule has 286 valence electrons. The van der Waals surface area contributed by atoms with E-state index in [2.05, 4.69) is 170 Å². The molecule has 1 aliphatic carbocycles. The van der Waals surface area contributed by atoms with E-state index in [1.54, 1.807) is 0 Å². The van der Waals surface area contributed by atoms with Gasteiger partial charge in [0.05, 0.1) is 18.6 Å². The third kappa shape index (κ3) is 5.55. The lowest BCUT2D eigenvalue weighted by Crippen LogP contribution is -2.30. The van der Waals surface area contributed by atoms with Crippen molar-refractivity contribution >= 4 is 64.4 Å². The molecule has 0 amide bonds. The van der Waals surface area contributed by atoms with Gasteiger partial charge in [-0.2, -0.15) is 0 Å². The second-order valence-corrected chi connectivity index (χ2v) is 17.1. The maximum Gasteiger partial charge on any atom is 0.127 e. The van der Waals surface area contributed by atoms with Crippen molar-refractivity contribution in [1.82, 2.24) is 0 Å². The Hall–Kier alpha value is -6.28. The topological polar surface area (TPSA) is 58.9 Å². The number of aliphatic hydroxyl groups excluding tert-OH is 2. The van der Waals surface area contributed by atoms with E-state index in [9.17, 15) is 10.2 Å². The highest BCUT2D eigenvalue weighted by atomic mass is 32.1. The van der Waals surface area contributed by atoms with E-state index in [0.29, 0.717) is 0 Å². The Morgan fingerprint density at radius 1 is 0.407 bits per heavy atom. The molecular formula is C53H38O4S2. The monoisotopic (exact) mass is 802 g/mol. The van der Waals surface area contributed by atoms with E-state index in [4.69, 9.17) is 9.47 Å². The van der Waals surface area contributed by atoms with Gasteiger partial charge in [-0.15, -0.1) is 22.7 Å². The van der Waals surface area contributed by atoms with Crippen LogP contribution in [-0.4, -0.2) is 36.6 Å². The minimum Gasteiger partial charge on any atom is -0.491 e. The molecule has 11 rings (SSSR count). The molecule has 2 heterocycles. The Bertz CT molecular complexity index is 2950. The highest BCUT2D eigenvalue weighted by molar-refractivity contribution is 7.22. The second-order valence-electron chi connectivity index (χ2n) is 15.0. The normalized spacial score (nSPS) is 13.0. The lowest BCUT2D eigenvalue weighted by molar-refractivity contribution is 0.203. The van der Waals surface area contributed by atoms with Crippen molar-refractivity contribution in [2.75, 3.05) is 26.4 Å². The van der Waals surface area contributed by atoms with Crippen LogP contribution in [0.15, 0.2) is 170 Å². The van der Waals surface area contributed by atoms with Crippen LogP contribution in [0.1, 0.15) is 22.3 Å². The Morgan fingerprint density at radius 2 is 0.814 bits per heavy atom. The van der Waals surface area contributed by atoms with E-state index >= 15 is 0 Å². The summed E-state index contributed by atoms with van der Waals surface area (Å²) in [5, 5.41) is 26.3. The van der Waals surface area contributed by atoms with E-state index in [1.807, 2.05) is 22.7 Å². The predicted molar refractivity (Wildman–Crippen MR) is 246 cm³/mol. The molecule has 0 saturated heterocycles. The van der Waals surface area contributed by atoms with Crippen LogP contribution in [0.2, 0.25) is 0 Å². The fourth-order valence-corrected chi connectivity index (χ4v) is 11.8. The number of hydrogen-bond donors (Lipinski definition) is 2. The van der Waals surface area contributed by atoms with Gasteiger partial charge in [0, 0.05) is 29.9 Å². The molecule has 0 saturated carbocycles. The van der Waals surface area contributed by atoms with Gasteiger partial charge in [-0.05, 0) is 102 Å². The second kappa shape index (κ2) is 14.5. The average molecular weight is 803 g/mol. The number of ether oxygens (including phenoxy) is 2. The molecule has 59 heavy (non-hydrogen) atoms. The molecule has 0 unspecified atom stereocenters. The van der Waals surface area contributed by atoms with Gasteiger partial charge in [-0.1, -0.05) is 133 Å². The fourth-order valence-electron chi connectivity index (χ4n) is 9.57. The minimum atomic E-state index is -0.867. The first kappa shape index (κ1) is 35.8. The van der Waals surface area contributed by atoms with Crippen molar-refractivity contribution < 1.29 is 19.7 Å². The molecular weight excluding hydrogens is 765 g/mol. The zero-order chi connectivity index (χ0) is 39.5. The number of thiophene rings is 2. The van der Waals surface area contributed by atoms with Crippen LogP contribution < -0.4 is 9.47 Å². The van der Waals surface area contributed by atoms with Gasteiger partial charge in [-0.25, -0.2) is 0 Å². The molecule has 6 heteroatoms. The van der Waals surface area contributed by atoms with E-state index in [-0.39, 0.29) is 26.4 Å². The number of benzene rings is 8. The number of hydrogen-bond acceptors (Lipinski definition) is 6. The van der Waals surface area contributed by atoms with Crippen molar-refractivity contribution in [3.05, 3.63) is 192 Å². The van der Waals surface area contributed by atoms with Gasteiger partial charge in [0.1, 0.15) is 24.7 Å². The fraction of sp³-hybridized carbons (Fsp3) is 0.0943. The summed E-state index contributed by atoms with van der Waals surface area (Å²) in [5.41, 5.74) is 8.67. The van der Waals surface area contributed by atoms with Crippen molar-refractivity contribution in [2.24, 2.45) is 0 Å². The SMILES string of the molecule is OCCOc1ccc(C2(c3ccc(OCCO)c4ccccc34)c3c(-c4cc5ccccc5s4)cccc3-c3cccc(-c4cc5ccccc5s4)c32)c2ccccc12. The van der Waals surface area contributed by atoms with Crippen molar-refractivity contribution in [2.45, 2.75) is 5.41 Å². The quantitative estimate of drug-likeness (QED) is 0.145. The molecule has 2 aromatic heterocycles. The third-order valence-corrected chi connectivity index (χ3v) is 14.1. The van der Waals surface area contributed by atoms with E-state index < -0.39 is 5.41 Å². The van der Waals surface area contributed by atoms with E-state index in [0.717, 1.165) is 44.2 Å². The van der Waals surface area contributed by atoms with Gasteiger partial charge < -0.3 is 19.7 Å². The molecule has 4 nitrogen and oxygen atoms in total. The first-order chi connectivity index (χ1) is 29.2. The molecule has 0 radical (unpaired) electrons. The third-order valence-electron chi connectivity index (χ3n) is 11.8. The Morgan fingerprint density at radius 3 is 1.25 bits per heavy atom. The van der Waals surface area contributed by atoms with Crippen molar-refractivity contribution in [1.29, 1.82) is 0 Å². The van der Waals surface area contributed by atoms with Crippen LogP contribution in [0, 0.1) is 0 Å². The molecule has 0 spiro atoms. The maximum atomic E-state index is 9.85. The smallest absolute Gasteiger partial charge is 0.127 e. The highest BCUT2D eigenvalue weighted by Crippen LogP contribution is 2.64. The summed E-state index contributed by atoms with van der Waals surface area (Å²) in [6.07, 6.45) is 0. The summed E-state index contributed by atoms with van der Waals surface area (Å²) in [5.74, 6) is 1.47. The number of aliphatic hydroxyl groups is 2. The molecule has 8 aromatic carbocycles. The van der Waals surface area contributed by atoms with Gasteiger partial charge >= 0.3 is 0 Å². The zero-order valence-corrected chi connectivity index (χ0v) is 33.7. The van der Waals surface area contributed by atoms with Crippen LogP contribution in [-0.2, 0) is 5.41 Å². The van der Waals surface area contributed by atoms with Crippen LogP contribution >= 0.6 is 22.7 Å². The summed E-state index contributed by atoms with van der Waals surface area (Å²) < 4.78 is 15.0. The van der Waals surface area contributed by atoms with Crippen LogP contribution in [0.5, 0.6) is 11.5 Å². The zero-order valence-electron chi connectivity index (χ0n) is 32.0. The van der Waals surface area contributed by atoms with Crippen LogP contribution in [0.25, 0.3) is 73.7 Å². The first-order valence-electron chi connectivity index (χ1n) is 20.0. The Kier molecular flexibility index (Phi) is 8.82. The Balaban J connectivity index is 1.36. The Labute approximate surface area is 349 Å². The van der Waals surface area contributed by atoms with Crippen molar-refractivity contribution in [3.8, 4) is 43.5 Å². The average Bonchev–Trinajstić information content (AvgIpc) is 4.01. The highest BCUT2D eigenvalue weighted by Gasteiger charge is 2.51. The molecule has 0 fully saturated rings. The predicted octanol–water partition coefficient (Wildman–Crippen LogP) is 12.9. The largest absolute Gasteiger partial charge is 0.491 e. The molecule has 0 atom stereocenters. The maximum absolute atomic E-state index is 9.85. The van der Waals surface area contributed by atoms with E-state index in [1.165, 1.54) is 63.3 Å². The van der Waals surface area contributed by atoms with Crippen LogP contribution in [0.3, 0.4) is 0 Å². The summed E-state index contributed by atoms with van der Waals surface area (Å²) in [4.78, 5) is 2.42. The molecule has 10 aromatic rings. The standard InChI is InChI=1S/C53H38O4S2/c54-27-29-56-45-25-23-43(35-13-3-5-15-37(35)45)53(44-24-26-46(57-30-28-55)38-16-6-4-14-36(38)44)51-39(17-9-19-41(51)49-31-33-11-1-7-21-47(33)58-49)40-18-10-20-42(52(40)53)50-32-34-12-2-8-22-48(34)59-50/h1-26,31-32,54-55H,27-30H2. The molecule has 0 bridgehead atoms. The minimum absolute atomic E-state index is 0.0749. The lowest BCUT2D eigenvalue weighted by atomic mass is 9.63. The van der Waals surface area contributed by atoms with Gasteiger partial charge in [-0.3, -0.25) is 0 Å². The summed E-state index contributed by atoms with van der Waals surface area (Å²) in [7, 11) is 0. The summed E-state index contributed by atoms with van der Waals surface area (Å²) in [6, 6.07) is 61.5. The van der Waals surface area contributed by atoms with Gasteiger partial charge in [0.2, 0.25) is 0 Å². The van der Waals surface area contributed by atoms with Crippen LogP contribution in [0.4, 0.5) is 0 Å². The van der Waals surface area contributed by atoms with Gasteiger partial charge in [0.25, 0.3) is 0 Å². The molecule has 2 N–H and O–H groups in total. The van der Waals surface area contributed by atoms with Gasteiger partial charge in [0.15, 0.2) is 0 Å². The lowest BCUT2D eigenvalue weighted by Gasteiger charge is -2.38. The summed E-state index contributed by atoms with van der Waals surface area (Å²) >= 11 is 3.67. The number of rotatable bonds is 10. The molecule has 1 aliphatic rings. The summed E-state index contributed by atoms with van der Waals surface area (Å²) in [6.45, 7) is 0.252. The first-order valence-corrected chi connectivity index (χ1v) is 21.6.